The zero-order valence-electron chi connectivity index (χ0n) is 10.9. The molecule has 0 amide bonds. The molecule has 0 saturated heterocycles. The van der Waals surface area contributed by atoms with E-state index < -0.39 is 0 Å². The van der Waals surface area contributed by atoms with Gasteiger partial charge < -0.3 is 15.2 Å². The first-order valence-corrected chi connectivity index (χ1v) is 6.82. The first-order valence-electron chi connectivity index (χ1n) is 6.82. The fraction of sp³-hybridized carbons (Fsp3) is 0.600. The molecule has 3 rings (SSSR count). The lowest BCUT2D eigenvalue weighted by molar-refractivity contribution is 0.204. The van der Waals surface area contributed by atoms with Crippen LogP contribution in [0.2, 0.25) is 0 Å². The summed E-state index contributed by atoms with van der Waals surface area (Å²) in [7, 11) is 0. The van der Waals surface area contributed by atoms with Crippen LogP contribution in [0.3, 0.4) is 0 Å². The molecule has 1 unspecified atom stereocenters. The SMILES string of the molecule is CC(NCC1(CO)CC1)c1ccc2c(c1)CCO2. The molecule has 0 aromatic heterocycles. The van der Waals surface area contributed by atoms with Crippen molar-refractivity contribution in [1.82, 2.24) is 5.32 Å². The van der Waals surface area contributed by atoms with Crippen LogP contribution in [0.1, 0.15) is 36.9 Å². The summed E-state index contributed by atoms with van der Waals surface area (Å²) >= 11 is 0. The van der Waals surface area contributed by atoms with Crippen LogP contribution in [0.15, 0.2) is 18.2 Å². The van der Waals surface area contributed by atoms with Gasteiger partial charge in [0.1, 0.15) is 5.75 Å². The van der Waals surface area contributed by atoms with Gasteiger partial charge in [-0.25, -0.2) is 0 Å². The third kappa shape index (κ3) is 2.25. The average molecular weight is 247 g/mol. The second-order valence-corrected chi connectivity index (χ2v) is 5.73. The van der Waals surface area contributed by atoms with Gasteiger partial charge in [0.15, 0.2) is 0 Å². The number of aliphatic hydroxyl groups excluding tert-OH is 1. The van der Waals surface area contributed by atoms with Crippen LogP contribution < -0.4 is 10.1 Å². The van der Waals surface area contributed by atoms with E-state index in [0.717, 1.165) is 38.2 Å². The van der Waals surface area contributed by atoms with Crippen LogP contribution in [0.4, 0.5) is 0 Å². The Morgan fingerprint density at radius 1 is 1.44 bits per heavy atom. The third-order valence-electron chi connectivity index (χ3n) is 4.29. The van der Waals surface area contributed by atoms with Crippen molar-refractivity contribution in [2.45, 2.75) is 32.2 Å². The molecule has 3 nitrogen and oxygen atoms in total. The number of ether oxygens (including phenoxy) is 1. The molecule has 1 aliphatic heterocycles. The van der Waals surface area contributed by atoms with Gasteiger partial charge in [0.05, 0.1) is 6.61 Å². The first-order chi connectivity index (χ1) is 8.72. The molecule has 2 N–H and O–H groups in total. The van der Waals surface area contributed by atoms with E-state index in [0.29, 0.717) is 12.6 Å². The average Bonchev–Trinajstić information content (AvgIpc) is 3.04. The van der Waals surface area contributed by atoms with E-state index in [2.05, 4.69) is 30.4 Å². The Balaban J connectivity index is 1.63. The number of nitrogens with one attached hydrogen (secondary N) is 1. The van der Waals surface area contributed by atoms with Crippen LogP contribution in [0.25, 0.3) is 0 Å². The zero-order valence-corrected chi connectivity index (χ0v) is 10.9. The Bertz CT molecular complexity index is 440. The minimum Gasteiger partial charge on any atom is -0.493 e. The Hall–Kier alpha value is -1.06. The molecular weight excluding hydrogens is 226 g/mol. The van der Waals surface area contributed by atoms with Gasteiger partial charge in [-0.3, -0.25) is 0 Å². The van der Waals surface area contributed by atoms with Crippen LogP contribution >= 0.6 is 0 Å². The molecule has 1 heterocycles. The van der Waals surface area contributed by atoms with Gasteiger partial charge in [-0.05, 0) is 37.0 Å². The topological polar surface area (TPSA) is 41.5 Å². The van der Waals surface area contributed by atoms with Gasteiger partial charge in [-0.2, -0.15) is 0 Å². The summed E-state index contributed by atoms with van der Waals surface area (Å²) < 4.78 is 5.52. The Labute approximate surface area is 108 Å². The Kier molecular flexibility index (Phi) is 3.04. The fourth-order valence-electron chi connectivity index (χ4n) is 2.53. The number of aliphatic hydroxyl groups is 1. The molecule has 0 bridgehead atoms. The highest BCUT2D eigenvalue weighted by Gasteiger charge is 2.41. The summed E-state index contributed by atoms with van der Waals surface area (Å²) in [5, 5.41) is 12.9. The van der Waals surface area contributed by atoms with Crippen molar-refractivity contribution in [2.24, 2.45) is 5.41 Å². The monoisotopic (exact) mass is 247 g/mol. The molecule has 1 saturated carbocycles. The smallest absolute Gasteiger partial charge is 0.122 e. The van der Waals surface area contributed by atoms with Crippen molar-refractivity contribution >= 4 is 0 Å². The second-order valence-electron chi connectivity index (χ2n) is 5.73. The molecule has 1 aromatic rings. The number of hydrogen-bond acceptors (Lipinski definition) is 3. The first kappa shape index (κ1) is 12.0. The molecular formula is C15H21NO2. The van der Waals surface area contributed by atoms with E-state index in [1.807, 2.05) is 0 Å². The predicted octanol–water partition coefficient (Wildman–Crippen LogP) is 2.04. The minimum absolute atomic E-state index is 0.175. The van der Waals surface area contributed by atoms with Gasteiger partial charge in [-0.15, -0.1) is 0 Å². The van der Waals surface area contributed by atoms with Gasteiger partial charge >= 0.3 is 0 Å². The van der Waals surface area contributed by atoms with Crippen LogP contribution in [-0.2, 0) is 6.42 Å². The highest BCUT2D eigenvalue weighted by molar-refractivity contribution is 5.40. The second kappa shape index (κ2) is 4.56. The molecule has 3 heteroatoms. The molecule has 0 radical (unpaired) electrons. The Morgan fingerprint density at radius 2 is 2.28 bits per heavy atom. The molecule has 1 aliphatic carbocycles. The molecule has 2 aliphatic rings. The molecule has 1 atom stereocenters. The molecule has 1 fully saturated rings. The third-order valence-corrected chi connectivity index (χ3v) is 4.29. The maximum Gasteiger partial charge on any atom is 0.122 e. The fourth-order valence-corrected chi connectivity index (χ4v) is 2.53. The van der Waals surface area contributed by atoms with E-state index in [1.165, 1.54) is 11.1 Å². The maximum atomic E-state index is 9.31. The van der Waals surface area contributed by atoms with Crippen molar-refractivity contribution in [1.29, 1.82) is 0 Å². The van der Waals surface area contributed by atoms with Crippen molar-refractivity contribution < 1.29 is 9.84 Å². The van der Waals surface area contributed by atoms with E-state index in [1.54, 1.807) is 0 Å². The van der Waals surface area contributed by atoms with Crippen LogP contribution in [-0.4, -0.2) is 24.9 Å². The van der Waals surface area contributed by atoms with E-state index in [9.17, 15) is 5.11 Å². The summed E-state index contributed by atoms with van der Waals surface area (Å²) in [4.78, 5) is 0. The molecule has 1 aromatic carbocycles. The summed E-state index contributed by atoms with van der Waals surface area (Å²) in [6.07, 6.45) is 3.33. The van der Waals surface area contributed by atoms with E-state index >= 15 is 0 Å². The Morgan fingerprint density at radius 3 is 3.00 bits per heavy atom. The van der Waals surface area contributed by atoms with Crippen LogP contribution in [0.5, 0.6) is 5.75 Å². The molecule has 18 heavy (non-hydrogen) atoms. The lowest BCUT2D eigenvalue weighted by Gasteiger charge is -2.19. The zero-order chi connectivity index (χ0) is 12.6. The van der Waals surface area contributed by atoms with Gasteiger partial charge in [0.2, 0.25) is 0 Å². The number of fused-ring (bicyclic) bond motifs is 1. The van der Waals surface area contributed by atoms with Crippen molar-refractivity contribution in [2.75, 3.05) is 19.8 Å². The summed E-state index contributed by atoms with van der Waals surface area (Å²) in [5.41, 5.74) is 2.81. The predicted molar refractivity (Wildman–Crippen MR) is 70.8 cm³/mol. The molecule has 0 spiro atoms. The van der Waals surface area contributed by atoms with Crippen molar-refractivity contribution in [3.05, 3.63) is 29.3 Å². The summed E-state index contributed by atoms with van der Waals surface area (Å²) in [6, 6.07) is 6.80. The van der Waals surface area contributed by atoms with Gasteiger partial charge in [0.25, 0.3) is 0 Å². The summed E-state index contributed by atoms with van der Waals surface area (Å²) in [6.45, 7) is 4.22. The molecule has 98 valence electrons. The minimum atomic E-state index is 0.175. The van der Waals surface area contributed by atoms with Crippen molar-refractivity contribution in [3.63, 3.8) is 0 Å². The lowest BCUT2D eigenvalue weighted by Crippen LogP contribution is -2.28. The largest absolute Gasteiger partial charge is 0.493 e. The normalized spacial score (nSPS) is 21.2. The number of hydrogen-bond donors (Lipinski definition) is 2. The number of rotatable bonds is 5. The highest BCUT2D eigenvalue weighted by Crippen LogP contribution is 2.44. The van der Waals surface area contributed by atoms with Gasteiger partial charge in [0, 0.05) is 31.0 Å². The lowest BCUT2D eigenvalue weighted by atomic mass is 10.0. The standard InChI is InChI=1S/C15H21NO2/c1-11(16-9-15(10-17)5-6-15)12-2-3-14-13(8-12)4-7-18-14/h2-3,8,11,16-17H,4-7,9-10H2,1H3. The summed E-state index contributed by atoms with van der Waals surface area (Å²) in [5.74, 6) is 1.04. The van der Waals surface area contributed by atoms with E-state index in [-0.39, 0.29) is 5.41 Å². The maximum absolute atomic E-state index is 9.31. The van der Waals surface area contributed by atoms with E-state index in [4.69, 9.17) is 4.74 Å². The van der Waals surface area contributed by atoms with Crippen LogP contribution in [0, 0.1) is 5.41 Å². The highest BCUT2D eigenvalue weighted by atomic mass is 16.5. The number of benzene rings is 1. The van der Waals surface area contributed by atoms with Crippen molar-refractivity contribution in [3.8, 4) is 5.75 Å². The quantitative estimate of drug-likeness (QED) is 0.836. The van der Waals surface area contributed by atoms with Gasteiger partial charge in [-0.1, -0.05) is 12.1 Å².